The molecule has 0 spiro atoms. The predicted octanol–water partition coefficient (Wildman–Crippen LogP) is 3.01. The predicted molar refractivity (Wildman–Crippen MR) is 73.0 cm³/mol. The van der Waals surface area contributed by atoms with Crippen molar-refractivity contribution in [3.8, 4) is 0 Å². The maximum Gasteiger partial charge on any atom is 0.0748 e. The van der Waals surface area contributed by atoms with Gasteiger partial charge < -0.3 is 10.5 Å². The Hall–Kier alpha value is -0.860. The summed E-state index contributed by atoms with van der Waals surface area (Å²) < 4.78 is 5.73. The van der Waals surface area contributed by atoms with Crippen molar-refractivity contribution < 1.29 is 4.74 Å². The molecule has 0 aliphatic rings. The van der Waals surface area contributed by atoms with E-state index in [0.29, 0.717) is 5.92 Å². The molecule has 2 N–H and O–H groups in total. The number of aryl methyl sites for hydroxylation is 1. The lowest BCUT2D eigenvalue weighted by molar-refractivity contribution is 0.0110. The van der Waals surface area contributed by atoms with Gasteiger partial charge in [0.25, 0.3) is 0 Å². The molecule has 0 heterocycles. The van der Waals surface area contributed by atoms with Crippen LogP contribution in [0, 0.1) is 5.92 Å². The molecule has 96 valence electrons. The SMILES string of the molecule is CCOC(C(C)C)C(N)CCc1ccccc1. The van der Waals surface area contributed by atoms with Crippen LogP contribution in [0.2, 0.25) is 0 Å². The minimum absolute atomic E-state index is 0.121. The van der Waals surface area contributed by atoms with Crippen LogP contribution in [0.25, 0.3) is 0 Å². The number of benzene rings is 1. The summed E-state index contributed by atoms with van der Waals surface area (Å²) >= 11 is 0. The van der Waals surface area contributed by atoms with Crippen molar-refractivity contribution in [2.75, 3.05) is 6.61 Å². The highest BCUT2D eigenvalue weighted by Gasteiger charge is 2.21. The van der Waals surface area contributed by atoms with E-state index in [9.17, 15) is 0 Å². The largest absolute Gasteiger partial charge is 0.377 e. The fourth-order valence-corrected chi connectivity index (χ4v) is 2.15. The second-order valence-electron chi connectivity index (χ2n) is 4.85. The van der Waals surface area contributed by atoms with E-state index in [1.54, 1.807) is 0 Å². The van der Waals surface area contributed by atoms with E-state index in [1.165, 1.54) is 5.56 Å². The summed E-state index contributed by atoms with van der Waals surface area (Å²) in [7, 11) is 0. The molecule has 2 unspecified atom stereocenters. The first-order chi connectivity index (χ1) is 8.15. The van der Waals surface area contributed by atoms with Gasteiger partial charge in [0, 0.05) is 12.6 Å². The Morgan fingerprint density at radius 3 is 2.35 bits per heavy atom. The third-order valence-electron chi connectivity index (χ3n) is 3.05. The molecule has 1 rings (SSSR count). The van der Waals surface area contributed by atoms with Gasteiger partial charge in [-0.2, -0.15) is 0 Å². The number of nitrogens with two attached hydrogens (primary N) is 1. The van der Waals surface area contributed by atoms with Crippen LogP contribution >= 0.6 is 0 Å². The molecule has 0 fully saturated rings. The van der Waals surface area contributed by atoms with Crippen molar-refractivity contribution >= 4 is 0 Å². The van der Waals surface area contributed by atoms with Crippen molar-refractivity contribution in [3.05, 3.63) is 35.9 Å². The van der Waals surface area contributed by atoms with Gasteiger partial charge in [0.15, 0.2) is 0 Å². The lowest BCUT2D eigenvalue weighted by Gasteiger charge is -2.27. The van der Waals surface area contributed by atoms with Crippen molar-refractivity contribution in [1.29, 1.82) is 0 Å². The Morgan fingerprint density at radius 2 is 1.82 bits per heavy atom. The molecule has 0 saturated heterocycles. The van der Waals surface area contributed by atoms with Gasteiger partial charge in [0.05, 0.1) is 6.10 Å². The van der Waals surface area contributed by atoms with Crippen LogP contribution in [0.1, 0.15) is 32.8 Å². The molecule has 0 radical (unpaired) electrons. The Bertz CT molecular complexity index is 297. The highest BCUT2D eigenvalue weighted by atomic mass is 16.5. The van der Waals surface area contributed by atoms with Crippen molar-refractivity contribution in [3.63, 3.8) is 0 Å². The molecule has 1 aromatic rings. The summed E-state index contributed by atoms with van der Waals surface area (Å²) in [5.41, 5.74) is 7.58. The third kappa shape index (κ3) is 4.88. The molecule has 0 aliphatic heterocycles. The second kappa shape index (κ2) is 7.46. The first-order valence-electron chi connectivity index (χ1n) is 6.56. The van der Waals surface area contributed by atoms with Gasteiger partial charge in [-0.15, -0.1) is 0 Å². The van der Waals surface area contributed by atoms with Crippen LogP contribution in [0.3, 0.4) is 0 Å². The van der Waals surface area contributed by atoms with Crippen molar-refractivity contribution in [1.82, 2.24) is 0 Å². The molecule has 0 saturated carbocycles. The summed E-state index contributed by atoms with van der Waals surface area (Å²) in [6.45, 7) is 7.10. The zero-order valence-electron chi connectivity index (χ0n) is 11.2. The summed E-state index contributed by atoms with van der Waals surface area (Å²) in [4.78, 5) is 0. The first-order valence-corrected chi connectivity index (χ1v) is 6.56. The first kappa shape index (κ1) is 14.2. The van der Waals surface area contributed by atoms with Crippen molar-refractivity contribution in [2.45, 2.75) is 45.8 Å². The normalized spacial score (nSPS) is 14.9. The van der Waals surface area contributed by atoms with E-state index >= 15 is 0 Å². The zero-order chi connectivity index (χ0) is 12.7. The van der Waals surface area contributed by atoms with Crippen molar-refractivity contribution in [2.24, 2.45) is 11.7 Å². The van der Waals surface area contributed by atoms with Crippen LogP contribution in [0.15, 0.2) is 30.3 Å². The lowest BCUT2D eigenvalue weighted by Crippen LogP contribution is -2.40. The van der Waals surface area contributed by atoms with Crippen LogP contribution in [-0.2, 0) is 11.2 Å². The third-order valence-corrected chi connectivity index (χ3v) is 3.05. The fourth-order valence-electron chi connectivity index (χ4n) is 2.15. The van der Waals surface area contributed by atoms with E-state index in [2.05, 4.69) is 38.1 Å². The van der Waals surface area contributed by atoms with Crippen LogP contribution in [0.5, 0.6) is 0 Å². The van der Waals surface area contributed by atoms with E-state index in [-0.39, 0.29) is 12.1 Å². The van der Waals surface area contributed by atoms with E-state index in [1.807, 2.05) is 13.0 Å². The maximum atomic E-state index is 6.23. The van der Waals surface area contributed by atoms with Crippen LogP contribution in [-0.4, -0.2) is 18.8 Å². The Kier molecular flexibility index (Phi) is 6.23. The molecule has 2 heteroatoms. The molecular weight excluding hydrogens is 210 g/mol. The van der Waals surface area contributed by atoms with Gasteiger partial charge in [0.2, 0.25) is 0 Å². The molecule has 1 aromatic carbocycles. The highest BCUT2D eigenvalue weighted by molar-refractivity contribution is 5.14. The molecule has 0 aliphatic carbocycles. The van der Waals surface area contributed by atoms with Gasteiger partial charge in [-0.1, -0.05) is 44.2 Å². The molecule has 0 bridgehead atoms. The van der Waals surface area contributed by atoms with Gasteiger partial charge >= 0.3 is 0 Å². The summed E-state index contributed by atoms with van der Waals surface area (Å²) in [5.74, 6) is 0.473. The number of hydrogen-bond donors (Lipinski definition) is 1. The monoisotopic (exact) mass is 235 g/mol. The smallest absolute Gasteiger partial charge is 0.0748 e. The Balaban J connectivity index is 2.44. The average molecular weight is 235 g/mol. The molecule has 17 heavy (non-hydrogen) atoms. The Morgan fingerprint density at radius 1 is 1.18 bits per heavy atom. The van der Waals surface area contributed by atoms with Gasteiger partial charge in [-0.3, -0.25) is 0 Å². The number of hydrogen-bond acceptors (Lipinski definition) is 2. The van der Waals surface area contributed by atoms with Gasteiger partial charge in [-0.25, -0.2) is 0 Å². The molecular formula is C15H25NO. The van der Waals surface area contributed by atoms with E-state index in [0.717, 1.165) is 19.4 Å². The molecule has 2 atom stereocenters. The van der Waals surface area contributed by atoms with E-state index < -0.39 is 0 Å². The number of ether oxygens (including phenoxy) is 1. The van der Waals surface area contributed by atoms with Crippen LogP contribution < -0.4 is 5.73 Å². The van der Waals surface area contributed by atoms with Gasteiger partial charge in [0.1, 0.15) is 0 Å². The number of rotatable bonds is 7. The molecule has 0 aromatic heterocycles. The van der Waals surface area contributed by atoms with Crippen LogP contribution in [0.4, 0.5) is 0 Å². The molecule has 0 amide bonds. The topological polar surface area (TPSA) is 35.2 Å². The summed E-state index contributed by atoms with van der Waals surface area (Å²) in [6.07, 6.45) is 2.18. The lowest BCUT2D eigenvalue weighted by atomic mass is 9.95. The zero-order valence-corrected chi connectivity index (χ0v) is 11.2. The molecule has 2 nitrogen and oxygen atoms in total. The average Bonchev–Trinajstić information content (AvgIpc) is 2.34. The minimum atomic E-state index is 0.121. The highest BCUT2D eigenvalue weighted by Crippen LogP contribution is 2.14. The standard InChI is InChI=1S/C15H25NO/c1-4-17-15(12(2)3)14(16)11-10-13-8-6-5-7-9-13/h5-9,12,14-15H,4,10-11,16H2,1-3H3. The quantitative estimate of drug-likeness (QED) is 0.788. The second-order valence-corrected chi connectivity index (χ2v) is 4.85. The maximum absolute atomic E-state index is 6.23. The Labute approximate surface area is 105 Å². The van der Waals surface area contributed by atoms with Gasteiger partial charge in [-0.05, 0) is 31.2 Å². The minimum Gasteiger partial charge on any atom is -0.377 e. The summed E-state index contributed by atoms with van der Waals surface area (Å²) in [5, 5.41) is 0. The summed E-state index contributed by atoms with van der Waals surface area (Å²) in [6, 6.07) is 10.6. The van der Waals surface area contributed by atoms with E-state index in [4.69, 9.17) is 10.5 Å². The fraction of sp³-hybridized carbons (Fsp3) is 0.600.